The molecule has 0 aliphatic carbocycles. The second-order valence-electron chi connectivity index (χ2n) is 8.32. The predicted molar refractivity (Wildman–Crippen MR) is 136 cm³/mol. The van der Waals surface area contributed by atoms with Gasteiger partial charge in [0, 0.05) is 20.6 Å². The number of hydrogen-bond donors (Lipinski definition) is 0. The van der Waals surface area contributed by atoms with Gasteiger partial charge in [-0.05, 0) is 29.7 Å². The van der Waals surface area contributed by atoms with Crippen LogP contribution in [0, 0.1) is 0 Å². The average Bonchev–Trinajstić information content (AvgIpc) is 2.87. The van der Waals surface area contributed by atoms with Crippen LogP contribution in [0.2, 0.25) is 0 Å². The highest BCUT2D eigenvalue weighted by atomic mass is 16.2. The highest BCUT2D eigenvalue weighted by Crippen LogP contribution is 2.38. The minimum Gasteiger partial charge on any atom is -0.339 e. The van der Waals surface area contributed by atoms with E-state index in [1.807, 2.05) is 54.6 Å². The molecular weight excluding hydrogens is 426 g/mol. The lowest BCUT2D eigenvalue weighted by Crippen LogP contribution is -2.38. The Balaban J connectivity index is 1.87. The smallest absolute Gasteiger partial charge is 0.332 e. The number of rotatable bonds is 4. The first kappa shape index (κ1) is 21.6. The molecule has 0 atom stereocenters. The van der Waals surface area contributed by atoms with E-state index in [9.17, 15) is 9.59 Å². The van der Waals surface area contributed by atoms with Gasteiger partial charge in [-0.25, -0.2) is 14.8 Å². The van der Waals surface area contributed by atoms with Crippen molar-refractivity contribution in [3.05, 3.63) is 104 Å². The molecule has 2 aromatic heterocycles. The molecule has 1 aliphatic heterocycles. The summed E-state index contributed by atoms with van der Waals surface area (Å²) in [7, 11) is 3.07. The lowest BCUT2D eigenvalue weighted by Gasteiger charge is -2.33. The number of nitrogens with zero attached hydrogens (tertiary/aromatic N) is 5. The average molecular weight is 452 g/mol. The Bertz CT molecular complexity index is 1560. The molecular formula is C27H25N5O2. The molecule has 170 valence electrons. The van der Waals surface area contributed by atoms with E-state index in [2.05, 4.69) is 30.0 Å². The van der Waals surface area contributed by atoms with Crippen molar-refractivity contribution < 1.29 is 0 Å². The van der Waals surface area contributed by atoms with Crippen molar-refractivity contribution in [2.24, 2.45) is 14.1 Å². The van der Waals surface area contributed by atoms with Crippen molar-refractivity contribution in [2.75, 3.05) is 6.54 Å². The standard InChI is InChI=1S/C27H25N5O2/c1-4-15-32-21(19-13-9-6-10-14-19)17-20-23(22(32)16-18-11-7-5-8-12-18)29-24-25(28-20)30(2)27(34)31(3)26(24)33/h5-14,16-17H,4,15H2,1-3H3/b22-16-. The van der Waals surface area contributed by atoms with E-state index in [4.69, 9.17) is 9.97 Å². The van der Waals surface area contributed by atoms with E-state index in [0.29, 0.717) is 11.4 Å². The van der Waals surface area contributed by atoms with Crippen molar-refractivity contribution in [2.45, 2.75) is 13.3 Å². The summed E-state index contributed by atoms with van der Waals surface area (Å²) in [5, 5.41) is 0. The summed E-state index contributed by atoms with van der Waals surface area (Å²) in [6, 6.07) is 20.2. The van der Waals surface area contributed by atoms with E-state index in [1.165, 1.54) is 11.6 Å². The van der Waals surface area contributed by atoms with Crippen LogP contribution < -0.4 is 11.2 Å². The summed E-state index contributed by atoms with van der Waals surface area (Å²) in [6.45, 7) is 2.90. The third-order valence-electron chi connectivity index (χ3n) is 6.02. The van der Waals surface area contributed by atoms with Gasteiger partial charge in [-0.2, -0.15) is 0 Å². The molecule has 0 saturated heterocycles. The molecule has 5 rings (SSSR count). The molecule has 34 heavy (non-hydrogen) atoms. The van der Waals surface area contributed by atoms with Gasteiger partial charge >= 0.3 is 5.69 Å². The SMILES string of the molecule is CCCN1C(c2ccccc2)=Cc2nc3c(nc2/C1=C/c1ccccc1)c(=O)n(C)c(=O)n3C. The fraction of sp³-hybridized carbons (Fsp3) is 0.185. The van der Waals surface area contributed by atoms with Crippen LogP contribution in [0.5, 0.6) is 0 Å². The molecule has 3 heterocycles. The van der Waals surface area contributed by atoms with Gasteiger partial charge < -0.3 is 4.90 Å². The molecule has 1 aliphatic rings. The van der Waals surface area contributed by atoms with Crippen molar-refractivity contribution in [1.82, 2.24) is 24.0 Å². The second-order valence-corrected chi connectivity index (χ2v) is 8.32. The van der Waals surface area contributed by atoms with E-state index >= 15 is 0 Å². The zero-order chi connectivity index (χ0) is 23.8. The Morgan fingerprint density at radius 1 is 0.882 bits per heavy atom. The monoisotopic (exact) mass is 451 g/mol. The Labute approximate surface area is 197 Å². The maximum atomic E-state index is 12.9. The van der Waals surface area contributed by atoms with Gasteiger partial charge in [0.2, 0.25) is 0 Å². The first-order valence-corrected chi connectivity index (χ1v) is 11.3. The largest absolute Gasteiger partial charge is 0.339 e. The van der Waals surface area contributed by atoms with E-state index in [1.54, 1.807) is 7.05 Å². The Hall–Kier alpha value is -4.26. The normalized spacial score (nSPS) is 14.4. The van der Waals surface area contributed by atoms with Gasteiger partial charge in [-0.15, -0.1) is 0 Å². The number of fused-ring (bicyclic) bond motifs is 2. The molecule has 0 radical (unpaired) electrons. The Morgan fingerprint density at radius 3 is 2.24 bits per heavy atom. The first-order valence-electron chi connectivity index (χ1n) is 11.3. The second kappa shape index (κ2) is 8.59. The molecule has 2 aromatic carbocycles. The summed E-state index contributed by atoms with van der Waals surface area (Å²) >= 11 is 0. The van der Waals surface area contributed by atoms with Crippen molar-refractivity contribution in [3.63, 3.8) is 0 Å². The van der Waals surface area contributed by atoms with Crippen LogP contribution in [0.1, 0.15) is 35.9 Å². The minimum absolute atomic E-state index is 0.176. The molecule has 7 nitrogen and oxygen atoms in total. The summed E-state index contributed by atoms with van der Waals surface area (Å²) in [5.41, 5.74) is 4.77. The van der Waals surface area contributed by atoms with Crippen LogP contribution in [-0.4, -0.2) is 30.5 Å². The molecule has 4 aromatic rings. The van der Waals surface area contributed by atoms with Gasteiger partial charge in [0.1, 0.15) is 5.69 Å². The maximum Gasteiger partial charge on any atom is 0.332 e. The summed E-state index contributed by atoms with van der Waals surface area (Å²) in [6.07, 6.45) is 5.00. The van der Waals surface area contributed by atoms with Gasteiger partial charge in [-0.3, -0.25) is 13.9 Å². The van der Waals surface area contributed by atoms with E-state index < -0.39 is 11.2 Å². The van der Waals surface area contributed by atoms with Gasteiger partial charge in [-0.1, -0.05) is 67.6 Å². The molecule has 0 fully saturated rings. The third-order valence-corrected chi connectivity index (χ3v) is 6.02. The quantitative estimate of drug-likeness (QED) is 0.473. The highest BCUT2D eigenvalue weighted by molar-refractivity contribution is 5.97. The summed E-state index contributed by atoms with van der Waals surface area (Å²) in [5.74, 6) is 0. The molecule has 0 unspecified atom stereocenters. The molecule has 0 bridgehead atoms. The van der Waals surface area contributed by atoms with Crippen LogP contribution in [0.4, 0.5) is 0 Å². The number of benzene rings is 2. The molecule has 0 amide bonds. The fourth-order valence-corrected chi connectivity index (χ4v) is 4.30. The van der Waals surface area contributed by atoms with Crippen molar-refractivity contribution in [1.29, 1.82) is 0 Å². The van der Waals surface area contributed by atoms with Crippen LogP contribution in [0.15, 0.2) is 70.3 Å². The molecule has 0 N–H and O–H groups in total. The van der Waals surface area contributed by atoms with Crippen LogP contribution in [-0.2, 0) is 14.1 Å². The summed E-state index contributed by atoms with van der Waals surface area (Å²) < 4.78 is 2.45. The zero-order valence-electron chi connectivity index (χ0n) is 19.4. The Morgan fingerprint density at radius 2 is 1.56 bits per heavy atom. The number of aromatic nitrogens is 4. The lowest BCUT2D eigenvalue weighted by atomic mass is 10.00. The molecule has 0 spiro atoms. The number of aryl methyl sites for hydroxylation is 1. The topological polar surface area (TPSA) is 73.0 Å². The van der Waals surface area contributed by atoms with Gasteiger partial charge in [0.25, 0.3) is 5.56 Å². The summed E-state index contributed by atoms with van der Waals surface area (Å²) in [4.78, 5) is 37.3. The fourth-order valence-electron chi connectivity index (χ4n) is 4.30. The van der Waals surface area contributed by atoms with Crippen molar-refractivity contribution >= 4 is 34.7 Å². The molecule has 0 saturated carbocycles. The van der Waals surface area contributed by atoms with Crippen LogP contribution >= 0.6 is 0 Å². The predicted octanol–water partition coefficient (Wildman–Crippen LogP) is 3.75. The first-order chi connectivity index (χ1) is 16.5. The minimum atomic E-state index is -0.452. The van der Waals surface area contributed by atoms with E-state index in [-0.39, 0.29) is 11.2 Å². The van der Waals surface area contributed by atoms with Crippen LogP contribution in [0.3, 0.4) is 0 Å². The third kappa shape index (κ3) is 3.55. The maximum absolute atomic E-state index is 12.9. The Kier molecular flexibility index (Phi) is 5.45. The van der Waals surface area contributed by atoms with Gasteiger partial charge in [0.05, 0.1) is 17.1 Å². The molecule has 7 heteroatoms. The van der Waals surface area contributed by atoms with Crippen LogP contribution in [0.25, 0.3) is 34.7 Å². The highest BCUT2D eigenvalue weighted by Gasteiger charge is 2.28. The van der Waals surface area contributed by atoms with E-state index in [0.717, 1.165) is 40.1 Å². The van der Waals surface area contributed by atoms with Gasteiger partial charge in [0.15, 0.2) is 11.2 Å². The zero-order valence-corrected chi connectivity index (χ0v) is 19.4. The number of hydrogen-bond acceptors (Lipinski definition) is 5. The lowest BCUT2D eigenvalue weighted by molar-refractivity contribution is 0.545. The van der Waals surface area contributed by atoms with Crippen molar-refractivity contribution in [3.8, 4) is 0 Å².